The number of esters is 3. The van der Waals surface area contributed by atoms with Gasteiger partial charge in [0.15, 0.2) is 0 Å². The number of hydrogen-bond acceptors (Lipinski definition) is 11. The average Bonchev–Trinajstić information content (AvgIpc) is 3.01. The molecule has 0 aliphatic carbocycles. The maximum atomic E-state index is 12.3. The second kappa shape index (κ2) is 15.9. The van der Waals surface area contributed by atoms with E-state index >= 15 is 0 Å². The molecule has 11 nitrogen and oxygen atoms in total. The zero-order chi connectivity index (χ0) is 28.0. The summed E-state index contributed by atoms with van der Waals surface area (Å²) in [5.74, 6) is -1.12. The minimum atomic E-state index is -0.437. The van der Waals surface area contributed by atoms with Crippen molar-refractivity contribution in [3.05, 3.63) is 59.2 Å². The normalized spacial score (nSPS) is 15.6. The van der Waals surface area contributed by atoms with Gasteiger partial charge in [0.2, 0.25) is 0 Å². The number of hydrogen-bond donors (Lipinski definition) is 0. The SMILES string of the molecule is CCOC(=O)CN1CCN(Cc2cccc(C(=O)OCC)n2)CCN(Cc2cccc(C(=O)OCC)n2)CC1. The van der Waals surface area contributed by atoms with Crippen LogP contribution in [0, 0.1) is 0 Å². The van der Waals surface area contributed by atoms with Crippen molar-refractivity contribution in [1.29, 1.82) is 0 Å². The topological polar surface area (TPSA) is 114 Å². The molecule has 212 valence electrons. The van der Waals surface area contributed by atoms with Crippen molar-refractivity contribution >= 4 is 17.9 Å². The molecular weight excluding hydrogens is 502 g/mol. The van der Waals surface area contributed by atoms with Crippen LogP contribution in [0.2, 0.25) is 0 Å². The quantitative estimate of drug-likeness (QED) is 0.307. The number of ether oxygens (including phenoxy) is 3. The van der Waals surface area contributed by atoms with E-state index in [0.717, 1.165) is 37.6 Å². The average molecular weight is 542 g/mol. The Hall–Kier alpha value is -3.41. The molecule has 1 fully saturated rings. The smallest absolute Gasteiger partial charge is 0.356 e. The van der Waals surface area contributed by atoms with Gasteiger partial charge in [-0.25, -0.2) is 19.6 Å². The van der Waals surface area contributed by atoms with E-state index in [2.05, 4.69) is 24.7 Å². The van der Waals surface area contributed by atoms with E-state index in [1.165, 1.54) is 0 Å². The Balaban J connectivity index is 1.74. The summed E-state index contributed by atoms with van der Waals surface area (Å²) in [6.07, 6.45) is 0. The van der Waals surface area contributed by atoms with Crippen LogP contribution >= 0.6 is 0 Å². The van der Waals surface area contributed by atoms with Gasteiger partial charge in [-0.3, -0.25) is 19.5 Å². The Morgan fingerprint density at radius 2 is 1.05 bits per heavy atom. The molecule has 1 saturated heterocycles. The summed E-state index contributed by atoms with van der Waals surface area (Å²) < 4.78 is 15.4. The Morgan fingerprint density at radius 3 is 1.46 bits per heavy atom. The van der Waals surface area contributed by atoms with Crippen molar-refractivity contribution in [3.63, 3.8) is 0 Å². The molecule has 0 aromatic carbocycles. The zero-order valence-electron chi connectivity index (χ0n) is 23.1. The fraction of sp³-hybridized carbons (Fsp3) is 0.536. The molecule has 39 heavy (non-hydrogen) atoms. The predicted molar refractivity (Wildman–Crippen MR) is 144 cm³/mol. The molecule has 2 aromatic heterocycles. The summed E-state index contributed by atoms with van der Waals surface area (Å²) in [5, 5.41) is 0. The minimum Gasteiger partial charge on any atom is -0.465 e. The molecule has 1 aliphatic heterocycles. The molecule has 0 amide bonds. The molecule has 0 unspecified atom stereocenters. The second-order valence-corrected chi connectivity index (χ2v) is 9.10. The van der Waals surface area contributed by atoms with Crippen molar-refractivity contribution in [3.8, 4) is 0 Å². The molecule has 1 aliphatic rings. The maximum absolute atomic E-state index is 12.3. The summed E-state index contributed by atoms with van der Waals surface area (Å²) in [6, 6.07) is 10.7. The van der Waals surface area contributed by atoms with Crippen molar-refractivity contribution in [1.82, 2.24) is 24.7 Å². The van der Waals surface area contributed by atoms with E-state index in [-0.39, 0.29) is 23.9 Å². The van der Waals surface area contributed by atoms with Crippen molar-refractivity contribution in [2.45, 2.75) is 33.9 Å². The van der Waals surface area contributed by atoms with Crippen molar-refractivity contribution < 1.29 is 28.6 Å². The van der Waals surface area contributed by atoms with Crippen molar-refractivity contribution in [2.75, 3.05) is 65.6 Å². The lowest BCUT2D eigenvalue weighted by molar-refractivity contribution is -0.144. The van der Waals surface area contributed by atoms with Gasteiger partial charge in [-0.15, -0.1) is 0 Å². The minimum absolute atomic E-state index is 0.211. The molecule has 3 rings (SSSR count). The molecule has 0 spiro atoms. The van der Waals surface area contributed by atoms with E-state index < -0.39 is 11.9 Å². The summed E-state index contributed by atoms with van der Waals surface area (Å²) in [5.41, 5.74) is 2.12. The summed E-state index contributed by atoms with van der Waals surface area (Å²) >= 11 is 0. The van der Waals surface area contributed by atoms with Crippen LogP contribution in [-0.4, -0.2) is 108 Å². The third-order valence-electron chi connectivity index (χ3n) is 6.21. The van der Waals surface area contributed by atoms with Gasteiger partial charge in [-0.1, -0.05) is 12.1 Å². The predicted octanol–water partition coefficient (Wildman–Crippen LogP) is 2.01. The molecule has 0 N–H and O–H groups in total. The Morgan fingerprint density at radius 1 is 0.641 bits per heavy atom. The number of rotatable bonds is 11. The highest BCUT2D eigenvalue weighted by molar-refractivity contribution is 5.87. The fourth-order valence-electron chi connectivity index (χ4n) is 4.28. The number of carbonyl (C=O) groups excluding carboxylic acids is 3. The second-order valence-electron chi connectivity index (χ2n) is 9.10. The van der Waals surface area contributed by atoms with E-state index in [1.807, 2.05) is 24.3 Å². The van der Waals surface area contributed by atoms with Crippen LogP contribution in [0.15, 0.2) is 36.4 Å². The molecule has 0 radical (unpaired) electrons. The van der Waals surface area contributed by atoms with Crippen LogP contribution in [0.25, 0.3) is 0 Å². The first kappa shape index (κ1) is 30.1. The lowest BCUT2D eigenvalue weighted by Crippen LogP contribution is -2.39. The number of aromatic nitrogens is 2. The van der Waals surface area contributed by atoms with Gasteiger partial charge >= 0.3 is 17.9 Å². The standard InChI is InChI=1S/C28H39N5O6/c1-4-37-26(34)21-33-17-15-31(19-22-9-7-11-24(29-22)27(35)38-5-2)13-14-32(16-18-33)20-23-10-8-12-25(30-23)28(36)39-6-3/h7-12H,4-6,13-21H2,1-3H3. The lowest BCUT2D eigenvalue weighted by atomic mass is 10.2. The van der Waals surface area contributed by atoms with Crippen LogP contribution in [-0.2, 0) is 32.1 Å². The highest BCUT2D eigenvalue weighted by Crippen LogP contribution is 2.11. The van der Waals surface area contributed by atoms with Gasteiger partial charge < -0.3 is 14.2 Å². The molecular formula is C28H39N5O6. The third kappa shape index (κ3) is 10.0. The van der Waals surface area contributed by atoms with E-state index in [4.69, 9.17) is 14.2 Å². The Bertz CT molecular complexity index is 1020. The Labute approximate surface area is 230 Å². The Kier molecular flexibility index (Phi) is 12.3. The van der Waals surface area contributed by atoms with Crippen LogP contribution < -0.4 is 0 Å². The van der Waals surface area contributed by atoms with Crippen LogP contribution in [0.4, 0.5) is 0 Å². The van der Waals surface area contributed by atoms with E-state index in [0.29, 0.717) is 46.0 Å². The monoisotopic (exact) mass is 541 g/mol. The van der Waals surface area contributed by atoms with Crippen LogP contribution in [0.1, 0.15) is 53.1 Å². The lowest BCUT2D eigenvalue weighted by Gasteiger charge is -2.25. The van der Waals surface area contributed by atoms with Gasteiger partial charge in [-0.05, 0) is 45.0 Å². The molecule has 11 heteroatoms. The van der Waals surface area contributed by atoms with Gasteiger partial charge in [0.1, 0.15) is 11.4 Å². The number of carbonyl (C=O) groups is 3. The van der Waals surface area contributed by atoms with E-state index in [1.54, 1.807) is 32.9 Å². The molecule has 0 atom stereocenters. The number of pyridine rings is 2. The van der Waals surface area contributed by atoms with E-state index in [9.17, 15) is 14.4 Å². The highest BCUT2D eigenvalue weighted by Gasteiger charge is 2.20. The van der Waals surface area contributed by atoms with Crippen molar-refractivity contribution in [2.24, 2.45) is 0 Å². The first-order valence-corrected chi connectivity index (χ1v) is 13.5. The number of nitrogens with zero attached hydrogens (tertiary/aromatic N) is 5. The van der Waals surface area contributed by atoms with Gasteiger partial charge in [0, 0.05) is 52.4 Å². The first-order chi connectivity index (χ1) is 18.9. The van der Waals surface area contributed by atoms with Gasteiger partial charge in [0.05, 0.1) is 37.8 Å². The van der Waals surface area contributed by atoms with Gasteiger partial charge in [0.25, 0.3) is 0 Å². The molecule has 0 bridgehead atoms. The molecule has 2 aromatic rings. The summed E-state index contributed by atoms with van der Waals surface area (Å²) in [4.78, 5) is 52.2. The largest absolute Gasteiger partial charge is 0.465 e. The fourth-order valence-corrected chi connectivity index (χ4v) is 4.28. The first-order valence-electron chi connectivity index (χ1n) is 13.5. The molecule has 0 saturated carbocycles. The highest BCUT2D eigenvalue weighted by atomic mass is 16.5. The summed E-state index contributed by atoms with van der Waals surface area (Å²) in [7, 11) is 0. The van der Waals surface area contributed by atoms with Crippen LogP contribution in [0.3, 0.4) is 0 Å². The third-order valence-corrected chi connectivity index (χ3v) is 6.21. The summed E-state index contributed by atoms with van der Waals surface area (Å²) in [6.45, 7) is 11.9. The molecule has 3 heterocycles. The van der Waals surface area contributed by atoms with Gasteiger partial charge in [-0.2, -0.15) is 0 Å². The van der Waals surface area contributed by atoms with Crippen LogP contribution in [0.5, 0.6) is 0 Å². The maximum Gasteiger partial charge on any atom is 0.356 e. The zero-order valence-corrected chi connectivity index (χ0v) is 23.1.